The lowest BCUT2D eigenvalue weighted by Crippen LogP contribution is -2.06. The Kier molecular flexibility index (Phi) is 5.31. The van der Waals surface area contributed by atoms with Crippen LogP contribution in [-0.4, -0.2) is 13.4 Å². The molecule has 0 aliphatic heterocycles. The predicted molar refractivity (Wildman–Crippen MR) is 104 cm³/mol. The van der Waals surface area contributed by atoms with Gasteiger partial charge in [0.05, 0.1) is 12.7 Å². The highest BCUT2D eigenvalue weighted by Crippen LogP contribution is 2.28. The molecule has 0 amide bonds. The van der Waals surface area contributed by atoms with Crippen molar-refractivity contribution in [3.63, 3.8) is 0 Å². The smallest absolute Gasteiger partial charge is 0.336 e. The van der Waals surface area contributed by atoms with Crippen LogP contribution in [0.5, 0.6) is 11.5 Å². The summed E-state index contributed by atoms with van der Waals surface area (Å²) in [5, 5.41) is 0.838. The molecule has 27 heavy (non-hydrogen) atoms. The molecule has 1 aromatic heterocycles. The first-order valence-electron chi connectivity index (χ1n) is 8.76. The number of hydrogen-bond acceptors (Lipinski definition) is 5. The van der Waals surface area contributed by atoms with Gasteiger partial charge in [0.1, 0.15) is 23.7 Å². The van der Waals surface area contributed by atoms with E-state index < -0.39 is 5.63 Å². The topological polar surface area (TPSA) is 65.7 Å². The molecule has 0 N–H and O–H groups in total. The normalized spacial score (nSPS) is 11.0. The van der Waals surface area contributed by atoms with Crippen molar-refractivity contribution >= 4 is 17.3 Å². The average molecular weight is 366 g/mol. The molecule has 0 radical (unpaired) electrons. The van der Waals surface area contributed by atoms with E-state index in [2.05, 4.69) is 13.8 Å². The number of carbonyl (C=O) groups is 1. The van der Waals surface area contributed by atoms with Gasteiger partial charge in [-0.25, -0.2) is 4.79 Å². The third-order valence-corrected chi connectivity index (χ3v) is 4.57. The number of rotatable bonds is 6. The van der Waals surface area contributed by atoms with Crippen molar-refractivity contribution in [2.45, 2.75) is 33.3 Å². The number of aldehydes is 1. The lowest BCUT2D eigenvalue weighted by molar-refractivity contribution is 0.111. The summed E-state index contributed by atoms with van der Waals surface area (Å²) >= 11 is 0. The van der Waals surface area contributed by atoms with Gasteiger partial charge in [0.25, 0.3) is 0 Å². The van der Waals surface area contributed by atoms with E-state index in [0.29, 0.717) is 28.6 Å². The zero-order chi connectivity index (χ0) is 19.6. The monoisotopic (exact) mass is 366 g/mol. The number of methoxy groups -OCH3 is 1. The van der Waals surface area contributed by atoms with Crippen molar-refractivity contribution in [2.75, 3.05) is 7.11 Å². The van der Waals surface area contributed by atoms with Crippen LogP contribution < -0.4 is 15.1 Å². The Labute approximate surface area is 157 Å². The number of benzene rings is 2. The fraction of sp³-hybridized carbons (Fsp3) is 0.273. The summed E-state index contributed by atoms with van der Waals surface area (Å²) in [6.45, 7) is 6.40. The van der Waals surface area contributed by atoms with Crippen LogP contribution >= 0.6 is 0 Å². The highest BCUT2D eigenvalue weighted by molar-refractivity contribution is 5.82. The van der Waals surface area contributed by atoms with Gasteiger partial charge in [0.2, 0.25) is 0 Å². The molecule has 1 heterocycles. The number of fused-ring (bicyclic) bond motifs is 1. The molecule has 0 fully saturated rings. The highest BCUT2D eigenvalue weighted by Gasteiger charge is 2.13. The zero-order valence-corrected chi connectivity index (χ0v) is 15.9. The molecule has 0 bridgehead atoms. The number of ether oxygens (including phenoxy) is 2. The van der Waals surface area contributed by atoms with Gasteiger partial charge in [0, 0.05) is 17.0 Å². The van der Waals surface area contributed by atoms with Gasteiger partial charge >= 0.3 is 5.63 Å². The van der Waals surface area contributed by atoms with Crippen LogP contribution in [0.25, 0.3) is 11.0 Å². The Balaban J connectivity index is 2.01. The maximum atomic E-state index is 12.0. The van der Waals surface area contributed by atoms with Gasteiger partial charge in [-0.05, 0) is 54.3 Å². The molecule has 0 saturated heterocycles. The minimum Gasteiger partial charge on any atom is -0.497 e. The maximum Gasteiger partial charge on any atom is 0.336 e. The van der Waals surface area contributed by atoms with Crippen LogP contribution in [0, 0.1) is 6.92 Å². The van der Waals surface area contributed by atoms with Crippen molar-refractivity contribution in [1.82, 2.24) is 0 Å². The van der Waals surface area contributed by atoms with Crippen molar-refractivity contribution in [3.05, 3.63) is 69.1 Å². The number of carbonyl (C=O) groups excluding carboxylic acids is 1. The largest absolute Gasteiger partial charge is 0.497 e. The SMILES string of the molecule is COc1ccc(OCc2cc(=O)oc3cc(C)c(C(C)C)cc23)c(C=O)c1. The van der Waals surface area contributed by atoms with E-state index in [-0.39, 0.29) is 6.61 Å². The molecule has 140 valence electrons. The molecule has 0 aliphatic rings. The molecular weight excluding hydrogens is 344 g/mol. The molecule has 0 unspecified atom stereocenters. The van der Waals surface area contributed by atoms with Crippen molar-refractivity contribution in [1.29, 1.82) is 0 Å². The van der Waals surface area contributed by atoms with Gasteiger partial charge in [-0.1, -0.05) is 13.8 Å². The first kappa shape index (κ1) is 18.7. The Morgan fingerprint density at radius 3 is 2.59 bits per heavy atom. The van der Waals surface area contributed by atoms with Crippen molar-refractivity contribution < 1.29 is 18.7 Å². The maximum absolute atomic E-state index is 12.0. The van der Waals surface area contributed by atoms with Crippen LogP contribution in [0.3, 0.4) is 0 Å². The summed E-state index contributed by atoms with van der Waals surface area (Å²) in [6, 6.07) is 10.4. The molecule has 5 heteroatoms. The third kappa shape index (κ3) is 3.87. The van der Waals surface area contributed by atoms with Crippen LogP contribution in [0.1, 0.15) is 46.8 Å². The fourth-order valence-electron chi connectivity index (χ4n) is 3.17. The summed E-state index contributed by atoms with van der Waals surface area (Å²) in [5.74, 6) is 1.36. The van der Waals surface area contributed by atoms with E-state index in [4.69, 9.17) is 13.9 Å². The average Bonchev–Trinajstić information content (AvgIpc) is 2.64. The second-order valence-electron chi connectivity index (χ2n) is 6.76. The minimum atomic E-state index is -0.428. The molecule has 0 saturated carbocycles. The molecule has 3 rings (SSSR count). The van der Waals surface area contributed by atoms with E-state index in [1.807, 2.05) is 19.1 Å². The fourth-order valence-corrected chi connectivity index (χ4v) is 3.17. The van der Waals surface area contributed by atoms with E-state index >= 15 is 0 Å². The van der Waals surface area contributed by atoms with E-state index in [1.54, 1.807) is 18.2 Å². The molecular formula is C22H22O5. The minimum absolute atomic E-state index is 0.149. The Morgan fingerprint density at radius 1 is 1.15 bits per heavy atom. The van der Waals surface area contributed by atoms with Crippen LogP contribution in [0.15, 0.2) is 45.6 Å². The van der Waals surface area contributed by atoms with Gasteiger partial charge in [-0.3, -0.25) is 4.79 Å². The first-order chi connectivity index (χ1) is 12.9. The van der Waals surface area contributed by atoms with Crippen LogP contribution in [-0.2, 0) is 6.61 Å². The zero-order valence-electron chi connectivity index (χ0n) is 15.9. The predicted octanol–water partition coefficient (Wildman–Crippen LogP) is 4.62. The summed E-state index contributed by atoms with van der Waals surface area (Å²) < 4.78 is 16.3. The third-order valence-electron chi connectivity index (χ3n) is 4.57. The lowest BCUT2D eigenvalue weighted by atomic mass is 9.95. The molecule has 0 atom stereocenters. The van der Waals surface area contributed by atoms with Crippen LogP contribution in [0.4, 0.5) is 0 Å². The van der Waals surface area contributed by atoms with Crippen LogP contribution in [0.2, 0.25) is 0 Å². The Morgan fingerprint density at radius 2 is 1.93 bits per heavy atom. The van der Waals surface area contributed by atoms with Crippen molar-refractivity contribution in [2.24, 2.45) is 0 Å². The van der Waals surface area contributed by atoms with Gasteiger partial charge in [0.15, 0.2) is 6.29 Å². The summed E-state index contributed by atoms with van der Waals surface area (Å²) in [7, 11) is 1.54. The molecule has 3 aromatic rings. The van der Waals surface area contributed by atoms with E-state index in [1.165, 1.54) is 18.7 Å². The summed E-state index contributed by atoms with van der Waals surface area (Å²) in [6.07, 6.45) is 0.718. The second kappa shape index (κ2) is 7.66. The molecule has 0 spiro atoms. The van der Waals surface area contributed by atoms with Gasteiger partial charge in [-0.15, -0.1) is 0 Å². The summed E-state index contributed by atoms with van der Waals surface area (Å²) in [4.78, 5) is 23.3. The molecule has 2 aromatic carbocycles. The second-order valence-corrected chi connectivity index (χ2v) is 6.76. The van der Waals surface area contributed by atoms with E-state index in [9.17, 15) is 9.59 Å². The standard InChI is InChI=1S/C22H22O5/c1-13(2)18-10-19-16(9-22(24)27-21(19)7-14(18)3)12-26-20-6-5-17(25-4)8-15(20)11-23/h5-11,13H,12H2,1-4H3. The van der Waals surface area contributed by atoms with Crippen molar-refractivity contribution in [3.8, 4) is 11.5 Å². The molecule has 5 nitrogen and oxygen atoms in total. The Hall–Kier alpha value is -3.08. The lowest BCUT2D eigenvalue weighted by Gasteiger charge is -2.14. The first-order valence-corrected chi connectivity index (χ1v) is 8.76. The number of aryl methyl sites for hydroxylation is 1. The molecule has 0 aliphatic carbocycles. The summed E-state index contributed by atoms with van der Waals surface area (Å²) in [5.41, 5.74) is 3.49. The quantitative estimate of drug-likeness (QED) is 0.470. The van der Waals surface area contributed by atoms with Gasteiger partial charge in [-0.2, -0.15) is 0 Å². The van der Waals surface area contributed by atoms with Gasteiger partial charge < -0.3 is 13.9 Å². The highest BCUT2D eigenvalue weighted by atomic mass is 16.5. The van der Waals surface area contributed by atoms with E-state index in [0.717, 1.165) is 22.8 Å². The Bertz CT molecular complexity index is 1050. The number of hydrogen-bond donors (Lipinski definition) is 0.